The second kappa shape index (κ2) is 4.72. The molecule has 0 spiro atoms. The fourth-order valence-electron chi connectivity index (χ4n) is 1.07. The van der Waals surface area contributed by atoms with E-state index < -0.39 is 0 Å². The van der Waals surface area contributed by atoms with Gasteiger partial charge in [-0.2, -0.15) is 0 Å². The van der Waals surface area contributed by atoms with Gasteiger partial charge < -0.3 is 18.8 Å². The third-order valence-electron chi connectivity index (χ3n) is 1.64. The summed E-state index contributed by atoms with van der Waals surface area (Å²) in [5.74, 6) is 0. The fraction of sp³-hybridized carbons (Fsp3) is 1.00. The van der Waals surface area contributed by atoms with Crippen molar-refractivity contribution >= 4 is 7.69 Å². The van der Waals surface area contributed by atoms with Crippen LogP contribution in [0.2, 0.25) is 0 Å². The zero-order valence-electron chi connectivity index (χ0n) is 6.91. The molecule has 1 heterocycles. The Kier molecular flexibility index (Phi) is 3.86. The molecule has 64 valence electrons. The van der Waals surface area contributed by atoms with E-state index in [4.69, 9.17) is 18.8 Å². The Morgan fingerprint density at radius 1 is 1.09 bits per heavy atom. The predicted octanol–water partition coefficient (Wildman–Crippen LogP) is -0.670. The minimum absolute atomic E-state index is 0.0277. The van der Waals surface area contributed by atoms with Crippen molar-refractivity contribution in [1.29, 1.82) is 0 Å². The van der Waals surface area contributed by atoms with Crippen LogP contribution in [0.5, 0.6) is 0 Å². The highest BCUT2D eigenvalue weighted by molar-refractivity contribution is 6.19. The van der Waals surface area contributed by atoms with Crippen molar-refractivity contribution < 1.29 is 18.8 Å². The quantitative estimate of drug-likeness (QED) is 0.511. The molecule has 5 heteroatoms. The van der Waals surface area contributed by atoms with Crippen LogP contribution in [0.3, 0.4) is 0 Å². The summed E-state index contributed by atoms with van der Waals surface area (Å²) in [6, 6.07) is 0. The highest BCUT2D eigenvalue weighted by Crippen LogP contribution is 2.11. The van der Waals surface area contributed by atoms with Gasteiger partial charge in [-0.3, -0.25) is 0 Å². The van der Waals surface area contributed by atoms with Gasteiger partial charge in [0.25, 0.3) is 0 Å². The van der Waals surface area contributed by atoms with E-state index >= 15 is 0 Å². The van der Waals surface area contributed by atoms with Crippen molar-refractivity contribution in [3.05, 3.63) is 0 Å². The number of methoxy groups -OCH3 is 2. The largest absolute Gasteiger partial charge is 0.438 e. The van der Waals surface area contributed by atoms with E-state index in [1.54, 1.807) is 14.2 Å². The first kappa shape index (κ1) is 9.00. The summed E-state index contributed by atoms with van der Waals surface area (Å²) < 4.78 is 20.3. The lowest BCUT2D eigenvalue weighted by Crippen LogP contribution is -2.30. The van der Waals surface area contributed by atoms with Gasteiger partial charge in [0, 0.05) is 14.2 Å². The van der Waals surface area contributed by atoms with E-state index in [-0.39, 0.29) is 12.2 Å². The molecular weight excluding hydrogens is 147 g/mol. The third kappa shape index (κ3) is 2.45. The Morgan fingerprint density at radius 3 is 1.91 bits per heavy atom. The Bertz CT molecular complexity index is 98.8. The lowest BCUT2D eigenvalue weighted by Gasteiger charge is -2.16. The normalized spacial score (nSPS) is 30.4. The topological polar surface area (TPSA) is 36.9 Å². The molecule has 4 nitrogen and oxygen atoms in total. The van der Waals surface area contributed by atoms with Gasteiger partial charge in [0.05, 0.1) is 25.4 Å². The van der Waals surface area contributed by atoms with Crippen molar-refractivity contribution in [3.8, 4) is 0 Å². The molecule has 1 rings (SSSR count). The van der Waals surface area contributed by atoms with Gasteiger partial charge in [0.15, 0.2) is 0 Å². The zero-order chi connectivity index (χ0) is 8.10. The molecule has 0 unspecified atom stereocenters. The molecule has 0 aromatic rings. The molecule has 11 heavy (non-hydrogen) atoms. The van der Waals surface area contributed by atoms with Gasteiger partial charge >= 0.3 is 7.69 Å². The van der Waals surface area contributed by atoms with Crippen LogP contribution in [-0.2, 0) is 18.8 Å². The highest BCUT2D eigenvalue weighted by atomic mass is 16.7. The zero-order valence-corrected chi connectivity index (χ0v) is 6.91. The Morgan fingerprint density at radius 2 is 1.55 bits per heavy atom. The van der Waals surface area contributed by atoms with Crippen LogP contribution in [0.25, 0.3) is 0 Å². The summed E-state index contributed by atoms with van der Waals surface area (Å²) >= 11 is 0. The van der Waals surface area contributed by atoms with Gasteiger partial charge in [0.2, 0.25) is 0 Å². The summed E-state index contributed by atoms with van der Waals surface area (Å²) in [5, 5.41) is 0. The van der Waals surface area contributed by atoms with Crippen molar-refractivity contribution in [3.63, 3.8) is 0 Å². The summed E-state index contributed by atoms with van der Waals surface area (Å²) in [6.07, 6.45) is 0.0555. The first-order valence-electron chi connectivity index (χ1n) is 3.59. The van der Waals surface area contributed by atoms with Gasteiger partial charge in [-0.25, -0.2) is 0 Å². The molecule has 0 saturated carbocycles. The predicted molar refractivity (Wildman–Crippen MR) is 40.6 cm³/mol. The fourth-order valence-corrected chi connectivity index (χ4v) is 1.07. The van der Waals surface area contributed by atoms with E-state index in [9.17, 15) is 0 Å². The van der Waals surface area contributed by atoms with Crippen LogP contribution in [0, 0.1) is 0 Å². The first-order valence-corrected chi connectivity index (χ1v) is 3.59. The average molecular weight is 160 g/mol. The van der Waals surface area contributed by atoms with E-state index in [0.717, 1.165) is 0 Å². The second-order valence-corrected chi connectivity index (χ2v) is 2.44. The summed E-state index contributed by atoms with van der Waals surface area (Å²) in [6.45, 7) is 1.13. The Labute approximate surface area is 67.1 Å². The second-order valence-electron chi connectivity index (χ2n) is 2.44. The van der Waals surface area contributed by atoms with E-state index in [1.807, 2.05) is 0 Å². The van der Waals surface area contributed by atoms with E-state index in [1.165, 1.54) is 0 Å². The van der Waals surface area contributed by atoms with Gasteiger partial charge in [-0.15, -0.1) is 0 Å². The van der Waals surface area contributed by atoms with Crippen molar-refractivity contribution in [2.45, 2.75) is 12.2 Å². The molecule has 1 fully saturated rings. The molecular formula is C6H13BO4. The summed E-state index contributed by atoms with van der Waals surface area (Å²) in [4.78, 5) is 0. The molecule has 0 N–H and O–H groups in total. The number of hydrogen-bond donors (Lipinski definition) is 0. The van der Waals surface area contributed by atoms with Gasteiger partial charge in [-0.1, -0.05) is 0 Å². The molecule has 0 bridgehead atoms. The molecule has 0 radical (unpaired) electrons. The smallest absolute Gasteiger partial charge is 0.406 e. The molecule has 0 aromatic heterocycles. The minimum atomic E-state index is 0.0277. The molecule has 1 aliphatic rings. The van der Waals surface area contributed by atoms with Crippen LogP contribution in [0.1, 0.15) is 0 Å². The van der Waals surface area contributed by atoms with Crippen LogP contribution in [0.4, 0.5) is 0 Å². The molecule has 2 atom stereocenters. The summed E-state index contributed by atoms with van der Waals surface area (Å²) in [7, 11) is 3.64. The molecule has 1 saturated heterocycles. The lowest BCUT2D eigenvalue weighted by molar-refractivity contribution is 0.0219. The van der Waals surface area contributed by atoms with Crippen LogP contribution < -0.4 is 0 Å². The van der Waals surface area contributed by atoms with E-state index in [0.29, 0.717) is 20.9 Å². The Balaban J connectivity index is 2.25. The monoisotopic (exact) mass is 160 g/mol. The van der Waals surface area contributed by atoms with Crippen LogP contribution >= 0.6 is 0 Å². The molecule has 0 aliphatic carbocycles. The maximum atomic E-state index is 5.23. The minimum Gasteiger partial charge on any atom is -0.406 e. The van der Waals surface area contributed by atoms with Crippen molar-refractivity contribution in [2.24, 2.45) is 0 Å². The maximum absolute atomic E-state index is 5.23. The van der Waals surface area contributed by atoms with E-state index in [2.05, 4.69) is 0 Å². The maximum Gasteiger partial charge on any atom is 0.438 e. The number of hydrogen-bond acceptors (Lipinski definition) is 4. The summed E-state index contributed by atoms with van der Waals surface area (Å²) in [5.41, 5.74) is 0. The van der Waals surface area contributed by atoms with Crippen molar-refractivity contribution in [1.82, 2.24) is 0 Å². The van der Waals surface area contributed by atoms with Crippen LogP contribution in [-0.4, -0.2) is 47.3 Å². The van der Waals surface area contributed by atoms with Gasteiger partial charge in [0.1, 0.15) is 0 Å². The number of rotatable bonds is 4. The Hall–Kier alpha value is -0.0951. The van der Waals surface area contributed by atoms with Crippen LogP contribution in [0.15, 0.2) is 0 Å². The standard InChI is InChI=1S/C6H13BO4/c1-8-3-5-6(4-9-2)11-7-10-5/h5-7H,3-4H2,1-2H3/t5-,6-/m0/s1. The first-order chi connectivity index (χ1) is 5.38. The molecule has 0 aromatic carbocycles. The molecule has 1 aliphatic heterocycles. The third-order valence-corrected chi connectivity index (χ3v) is 1.64. The van der Waals surface area contributed by atoms with Crippen molar-refractivity contribution in [2.75, 3.05) is 27.4 Å². The molecule has 0 amide bonds. The lowest BCUT2D eigenvalue weighted by atomic mass is 10.2. The van der Waals surface area contributed by atoms with Gasteiger partial charge in [-0.05, 0) is 0 Å². The average Bonchev–Trinajstić information content (AvgIpc) is 2.39. The number of ether oxygens (including phenoxy) is 2. The SMILES string of the molecule is COC[C@@H]1OBO[C@H]1COC. The highest BCUT2D eigenvalue weighted by Gasteiger charge is 2.29.